The molecule has 0 radical (unpaired) electrons. The number of amides is 3. The number of nitrogens with one attached hydrogen (secondary N) is 2. The summed E-state index contributed by atoms with van der Waals surface area (Å²) in [5, 5.41) is 4.80. The minimum absolute atomic E-state index is 0.268. The van der Waals surface area contributed by atoms with Crippen LogP contribution in [-0.2, 0) is 4.79 Å². The molecule has 2 N–H and O–H groups in total. The Bertz CT molecular complexity index is 411. The quantitative estimate of drug-likeness (QED) is 0.685. The van der Waals surface area contributed by atoms with Crippen molar-refractivity contribution in [2.45, 2.75) is 19.9 Å². The van der Waals surface area contributed by atoms with E-state index in [9.17, 15) is 9.59 Å². The van der Waals surface area contributed by atoms with Gasteiger partial charge >= 0.3 is 6.03 Å². The van der Waals surface area contributed by atoms with Crippen LogP contribution in [0.4, 0.5) is 4.79 Å². The van der Waals surface area contributed by atoms with Gasteiger partial charge in [0.05, 0.1) is 0 Å². The van der Waals surface area contributed by atoms with Gasteiger partial charge in [-0.25, -0.2) is 4.79 Å². The van der Waals surface area contributed by atoms with Crippen LogP contribution in [0.15, 0.2) is 6.07 Å². The highest BCUT2D eigenvalue weighted by molar-refractivity contribution is 7.12. The van der Waals surface area contributed by atoms with E-state index < -0.39 is 12.1 Å². The summed E-state index contributed by atoms with van der Waals surface area (Å²) in [6.45, 7) is 3.93. The molecule has 1 aromatic heterocycles. The lowest BCUT2D eigenvalue weighted by atomic mass is 10.1. The summed E-state index contributed by atoms with van der Waals surface area (Å²) in [6.07, 6.45) is 0. The lowest BCUT2D eigenvalue weighted by Crippen LogP contribution is -2.22. The maximum atomic E-state index is 11.4. The SMILES string of the molecule is Cc1cc(C2NC(=O)NC2=O)c(C)s1. The Morgan fingerprint density at radius 3 is 2.50 bits per heavy atom. The first kappa shape index (κ1) is 9.21. The van der Waals surface area contributed by atoms with Crippen molar-refractivity contribution in [2.24, 2.45) is 0 Å². The molecule has 1 aliphatic rings. The number of carbonyl (C=O) groups excluding carboxylic acids is 2. The lowest BCUT2D eigenvalue weighted by Gasteiger charge is -2.05. The molecule has 1 aliphatic heterocycles. The van der Waals surface area contributed by atoms with E-state index in [4.69, 9.17) is 0 Å². The zero-order chi connectivity index (χ0) is 10.3. The molecule has 5 heteroatoms. The number of aryl methyl sites for hydroxylation is 2. The fraction of sp³-hybridized carbons (Fsp3) is 0.333. The van der Waals surface area contributed by atoms with Crippen molar-refractivity contribution < 1.29 is 9.59 Å². The second kappa shape index (κ2) is 3.09. The first-order chi connectivity index (χ1) is 6.58. The standard InChI is InChI=1S/C9H10N2O2S/c1-4-3-6(5(2)14-4)7-8(12)11-9(13)10-7/h3,7H,1-2H3,(H2,10,11,12,13). The van der Waals surface area contributed by atoms with E-state index in [2.05, 4.69) is 10.6 Å². The van der Waals surface area contributed by atoms with Crippen LogP contribution < -0.4 is 10.6 Å². The fourth-order valence-electron chi connectivity index (χ4n) is 1.57. The van der Waals surface area contributed by atoms with Gasteiger partial charge in [-0.1, -0.05) is 0 Å². The predicted molar refractivity (Wildman–Crippen MR) is 53.2 cm³/mol. The number of urea groups is 1. The van der Waals surface area contributed by atoms with Crippen LogP contribution in [0.1, 0.15) is 21.4 Å². The van der Waals surface area contributed by atoms with E-state index >= 15 is 0 Å². The van der Waals surface area contributed by atoms with E-state index in [0.717, 1.165) is 15.3 Å². The molecule has 0 bridgehead atoms. The summed E-state index contributed by atoms with van der Waals surface area (Å²) in [6, 6.07) is 1.02. The predicted octanol–water partition coefficient (Wildman–Crippen LogP) is 1.25. The molecule has 3 amide bonds. The largest absolute Gasteiger partial charge is 0.322 e. The van der Waals surface area contributed by atoms with Gasteiger partial charge in [-0.2, -0.15) is 0 Å². The van der Waals surface area contributed by atoms with Gasteiger partial charge in [0.15, 0.2) is 0 Å². The molecule has 1 aromatic rings. The average Bonchev–Trinajstić information content (AvgIpc) is 2.55. The van der Waals surface area contributed by atoms with Crippen molar-refractivity contribution in [3.63, 3.8) is 0 Å². The minimum atomic E-state index is -0.507. The Hall–Kier alpha value is -1.36. The maximum Gasteiger partial charge on any atom is 0.322 e. The maximum absolute atomic E-state index is 11.4. The zero-order valence-corrected chi connectivity index (χ0v) is 8.70. The van der Waals surface area contributed by atoms with Gasteiger partial charge in [-0.15, -0.1) is 11.3 Å². The number of hydrogen-bond acceptors (Lipinski definition) is 3. The van der Waals surface area contributed by atoms with Crippen molar-refractivity contribution in [3.05, 3.63) is 21.4 Å². The molecule has 0 aliphatic carbocycles. The Balaban J connectivity index is 2.36. The number of rotatable bonds is 1. The van der Waals surface area contributed by atoms with Crippen LogP contribution >= 0.6 is 11.3 Å². The van der Waals surface area contributed by atoms with E-state index in [1.54, 1.807) is 11.3 Å². The van der Waals surface area contributed by atoms with Gasteiger partial charge in [-0.05, 0) is 25.5 Å². The molecule has 1 unspecified atom stereocenters. The van der Waals surface area contributed by atoms with Crippen LogP contribution in [0.5, 0.6) is 0 Å². The molecular weight excluding hydrogens is 200 g/mol. The van der Waals surface area contributed by atoms with E-state index in [0.29, 0.717) is 0 Å². The van der Waals surface area contributed by atoms with E-state index in [1.165, 1.54) is 0 Å². The number of thiophene rings is 1. The molecule has 0 spiro atoms. The Kier molecular flexibility index (Phi) is 2.03. The summed E-state index contributed by atoms with van der Waals surface area (Å²) >= 11 is 1.63. The van der Waals surface area contributed by atoms with Crippen molar-refractivity contribution in [2.75, 3.05) is 0 Å². The summed E-state index contributed by atoms with van der Waals surface area (Å²) in [5.41, 5.74) is 0.899. The second-order valence-electron chi connectivity index (χ2n) is 3.26. The van der Waals surface area contributed by atoms with Gasteiger partial charge in [0.1, 0.15) is 6.04 Å². The first-order valence-electron chi connectivity index (χ1n) is 4.26. The summed E-state index contributed by atoms with van der Waals surface area (Å²) in [7, 11) is 0. The first-order valence-corrected chi connectivity index (χ1v) is 5.08. The van der Waals surface area contributed by atoms with Gasteiger partial charge < -0.3 is 5.32 Å². The van der Waals surface area contributed by atoms with Crippen molar-refractivity contribution in [1.29, 1.82) is 0 Å². The third-order valence-electron chi connectivity index (χ3n) is 2.16. The van der Waals surface area contributed by atoms with Crippen LogP contribution in [0.3, 0.4) is 0 Å². The molecule has 1 fully saturated rings. The molecule has 2 rings (SSSR count). The highest BCUT2D eigenvalue weighted by atomic mass is 32.1. The molecule has 0 aromatic carbocycles. The number of imide groups is 1. The Morgan fingerprint density at radius 1 is 1.36 bits per heavy atom. The monoisotopic (exact) mass is 210 g/mol. The van der Waals surface area contributed by atoms with Gasteiger partial charge in [0.2, 0.25) is 0 Å². The van der Waals surface area contributed by atoms with E-state index in [-0.39, 0.29) is 5.91 Å². The van der Waals surface area contributed by atoms with Crippen LogP contribution in [0, 0.1) is 13.8 Å². The molecule has 14 heavy (non-hydrogen) atoms. The number of hydrogen-bond donors (Lipinski definition) is 2. The average molecular weight is 210 g/mol. The highest BCUT2D eigenvalue weighted by Crippen LogP contribution is 2.27. The zero-order valence-electron chi connectivity index (χ0n) is 7.88. The van der Waals surface area contributed by atoms with Gasteiger partial charge in [-0.3, -0.25) is 10.1 Å². The van der Waals surface area contributed by atoms with Crippen LogP contribution in [-0.4, -0.2) is 11.9 Å². The summed E-state index contributed by atoms with van der Waals surface area (Å²) in [4.78, 5) is 24.5. The fourth-order valence-corrected chi connectivity index (χ4v) is 2.54. The molecule has 74 valence electrons. The number of carbonyl (C=O) groups is 2. The molecule has 1 saturated heterocycles. The molecule has 2 heterocycles. The van der Waals surface area contributed by atoms with Crippen molar-refractivity contribution in [1.82, 2.24) is 10.6 Å². The smallest absolute Gasteiger partial charge is 0.322 e. The van der Waals surface area contributed by atoms with Gasteiger partial charge in [0, 0.05) is 9.75 Å². The van der Waals surface area contributed by atoms with E-state index in [1.807, 2.05) is 19.9 Å². The van der Waals surface area contributed by atoms with Crippen molar-refractivity contribution in [3.8, 4) is 0 Å². The lowest BCUT2D eigenvalue weighted by molar-refractivity contribution is -0.120. The van der Waals surface area contributed by atoms with Crippen LogP contribution in [0.25, 0.3) is 0 Å². The Morgan fingerprint density at radius 2 is 2.07 bits per heavy atom. The van der Waals surface area contributed by atoms with Gasteiger partial charge in [0.25, 0.3) is 5.91 Å². The highest BCUT2D eigenvalue weighted by Gasteiger charge is 2.32. The second-order valence-corrected chi connectivity index (χ2v) is 4.72. The third-order valence-corrected chi connectivity index (χ3v) is 3.15. The molecular formula is C9H10N2O2S. The third kappa shape index (κ3) is 1.39. The Labute approximate surface area is 85.3 Å². The molecule has 0 saturated carbocycles. The topological polar surface area (TPSA) is 58.2 Å². The molecule has 1 atom stereocenters. The summed E-state index contributed by atoms with van der Waals surface area (Å²) in [5.74, 6) is -0.268. The summed E-state index contributed by atoms with van der Waals surface area (Å²) < 4.78 is 0. The van der Waals surface area contributed by atoms with Crippen molar-refractivity contribution >= 4 is 23.3 Å². The van der Waals surface area contributed by atoms with Crippen LogP contribution in [0.2, 0.25) is 0 Å². The molecule has 4 nitrogen and oxygen atoms in total. The minimum Gasteiger partial charge on any atom is -0.322 e. The normalized spacial score (nSPS) is 20.9.